The number of thioether (sulfide) groups is 1. The number of aliphatic imine (C=N–C) groups is 2. The smallest absolute Gasteiger partial charge is 0.316 e. The summed E-state index contributed by atoms with van der Waals surface area (Å²) in [4.78, 5) is 47.8. The maximum Gasteiger partial charge on any atom is 0.316 e. The number of para-hydroxylation sites is 1. The fourth-order valence-corrected chi connectivity index (χ4v) is 4.32. The first kappa shape index (κ1) is 21.8. The second-order valence-corrected chi connectivity index (χ2v) is 8.07. The maximum atomic E-state index is 12.8. The van der Waals surface area contributed by atoms with Gasteiger partial charge in [-0.05, 0) is 24.6 Å². The van der Waals surface area contributed by atoms with Gasteiger partial charge in [0.2, 0.25) is 5.91 Å². The van der Waals surface area contributed by atoms with Crippen molar-refractivity contribution in [2.75, 3.05) is 12.4 Å². The summed E-state index contributed by atoms with van der Waals surface area (Å²) in [7, 11) is 0. The van der Waals surface area contributed by atoms with Crippen molar-refractivity contribution in [2.45, 2.75) is 25.9 Å². The number of fused-ring (bicyclic) bond motifs is 3. The van der Waals surface area contributed by atoms with Crippen molar-refractivity contribution >= 4 is 46.2 Å². The van der Waals surface area contributed by atoms with Crippen LogP contribution in [0.1, 0.15) is 24.5 Å². The minimum absolute atomic E-state index is 0.0414. The molecule has 164 valence electrons. The molecule has 1 unspecified atom stereocenters. The van der Waals surface area contributed by atoms with E-state index in [-0.39, 0.29) is 30.7 Å². The van der Waals surface area contributed by atoms with Gasteiger partial charge in [-0.1, -0.05) is 54.2 Å². The van der Waals surface area contributed by atoms with E-state index >= 15 is 0 Å². The maximum absolute atomic E-state index is 12.8. The SMILES string of the molecule is CCOC(=O)CSC1=Nc2ccccc2C2=NC(=O)C(CC(=O)NCc3ccccc3)N12. The van der Waals surface area contributed by atoms with E-state index in [2.05, 4.69) is 15.3 Å². The highest BCUT2D eigenvalue weighted by Crippen LogP contribution is 2.34. The molecule has 2 heterocycles. The molecule has 32 heavy (non-hydrogen) atoms. The Morgan fingerprint density at radius 1 is 1.09 bits per heavy atom. The van der Waals surface area contributed by atoms with Crippen LogP contribution in [0.25, 0.3) is 0 Å². The number of hydrogen-bond acceptors (Lipinski definition) is 7. The number of carbonyl (C=O) groups is 3. The Balaban J connectivity index is 1.52. The molecule has 8 nitrogen and oxygen atoms in total. The molecule has 0 spiro atoms. The molecule has 0 bridgehead atoms. The van der Waals surface area contributed by atoms with Gasteiger partial charge in [-0.3, -0.25) is 19.3 Å². The van der Waals surface area contributed by atoms with E-state index in [1.807, 2.05) is 54.6 Å². The Bertz CT molecular complexity index is 1100. The third kappa shape index (κ3) is 4.72. The third-order valence-electron chi connectivity index (χ3n) is 4.94. The molecule has 2 aromatic carbocycles. The number of esters is 1. The molecule has 0 fully saturated rings. The van der Waals surface area contributed by atoms with Gasteiger partial charge < -0.3 is 10.1 Å². The second kappa shape index (κ2) is 9.78. The van der Waals surface area contributed by atoms with E-state index in [1.165, 1.54) is 11.8 Å². The molecular weight excluding hydrogens is 428 g/mol. The Morgan fingerprint density at radius 2 is 1.84 bits per heavy atom. The largest absolute Gasteiger partial charge is 0.465 e. The van der Waals surface area contributed by atoms with Crippen molar-refractivity contribution < 1.29 is 19.1 Å². The summed E-state index contributed by atoms with van der Waals surface area (Å²) in [6.07, 6.45) is -0.0696. The summed E-state index contributed by atoms with van der Waals surface area (Å²) in [5.41, 5.74) is 2.35. The van der Waals surface area contributed by atoms with Crippen molar-refractivity contribution in [2.24, 2.45) is 9.98 Å². The molecule has 0 saturated heterocycles. The lowest BCUT2D eigenvalue weighted by Crippen LogP contribution is -2.46. The zero-order chi connectivity index (χ0) is 22.5. The van der Waals surface area contributed by atoms with Gasteiger partial charge in [-0.2, -0.15) is 4.99 Å². The van der Waals surface area contributed by atoms with Gasteiger partial charge in [0.15, 0.2) is 5.17 Å². The Morgan fingerprint density at radius 3 is 2.62 bits per heavy atom. The average molecular weight is 451 g/mol. The highest BCUT2D eigenvalue weighted by molar-refractivity contribution is 8.14. The topological polar surface area (TPSA) is 100 Å². The van der Waals surface area contributed by atoms with Crippen LogP contribution < -0.4 is 5.32 Å². The number of carbonyl (C=O) groups excluding carboxylic acids is 3. The molecule has 0 aromatic heterocycles. The van der Waals surface area contributed by atoms with Crippen molar-refractivity contribution in [3.63, 3.8) is 0 Å². The molecule has 2 aromatic rings. The summed E-state index contributed by atoms with van der Waals surface area (Å²) in [5, 5.41) is 3.30. The van der Waals surface area contributed by atoms with E-state index < -0.39 is 11.9 Å². The molecule has 2 aliphatic rings. The first-order chi connectivity index (χ1) is 15.6. The highest BCUT2D eigenvalue weighted by Gasteiger charge is 2.42. The molecule has 0 saturated carbocycles. The van der Waals surface area contributed by atoms with Crippen LogP contribution in [-0.2, 0) is 25.7 Å². The molecule has 0 radical (unpaired) electrons. The lowest BCUT2D eigenvalue weighted by atomic mass is 10.1. The number of rotatable bonds is 7. The normalized spacial score (nSPS) is 16.6. The predicted octanol–water partition coefficient (Wildman–Crippen LogP) is 2.65. The number of amides is 2. The highest BCUT2D eigenvalue weighted by atomic mass is 32.2. The molecule has 2 amide bonds. The number of amidine groups is 2. The van der Waals surface area contributed by atoms with E-state index in [0.717, 1.165) is 5.56 Å². The van der Waals surface area contributed by atoms with Gasteiger partial charge in [0, 0.05) is 12.1 Å². The quantitative estimate of drug-likeness (QED) is 0.651. The van der Waals surface area contributed by atoms with Crippen LogP contribution in [0.2, 0.25) is 0 Å². The van der Waals surface area contributed by atoms with Crippen LogP contribution >= 0.6 is 11.8 Å². The molecule has 2 aliphatic heterocycles. The number of nitrogens with zero attached hydrogens (tertiary/aromatic N) is 3. The summed E-state index contributed by atoms with van der Waals surface area (Å²) >= 11 is 1.17. The van der Waals surface area contributed by atoms with Gasteiger partial charge in [0.25, 0.3) is 5.91 Å². The molecule has 1 N–H and O–H groups in total. The Labute approximate surface area is 189 Å². The van der Waals surface area contributed by atoms with E-state index in [1.54, 1.807) is 11.8 Å². The van der Waals surface area contributed by atoms with Crippen molar-refractivity contribution in [3.05, 3.63) is 65.7 Å². The molecule has 0 aliphatic carbocycles. The minimum Gasteiger partial charge on any atom is -0.465 e. The van der Waals surface area contributed by atoms with Crippen LogP contribution in [0, 0.1) is 0 Å². The second-order valence-electron chi connectivity index (χ2n) is 7.13. The van der Waals surface area contributed by atoms with Gasteiger partial charge in [-0.25, -0.2) is 4.99 Å². The van der Waals surface area contributed by atoms with Crippen molar-refractivity contribution in [3.8, 4) is 0 Å². The fraction of sp³-hybridized carbons (Fsp3) is 0.261. The monoisotopic (exact) mass is 450 g/mol. The number of hydrogen-bond donors (Lipinski definition) is 1. The van der Waals surface area contributed by atoms with Crippen LogP contribution in [-0.4, -0.2) is 52.1 Å². The van der Waals surface area contributed by atoms with Crippen molar-refractivity contribution in [1.29, 1.82) is 0 Å². The summed E-state index contributed by atoms with van der Waals surface area (Å²) in [6, 6.07) is 16.1. The van der Waals surface area contributed by atoms with Gasteiger partial charge in [0.05, 0.1) is 24.5 Å². The lowest BCUT2D eigenvalue weighted by Gasteiger charge is -2.30. The van der Waals surface area contributed by atoms with Gasteiger partial charge >= 0.3 is 5.97 Å². The molecule has 9 heteroatoms. The fourth-order valence-electron chi connectivity index (χ4n) is 3.47. The van der Waals surface area contributed by atoms with Gasteiger partial charge in [0.1, 0.15) is 11.9 Å². The van der Waals surface area contributed by atoms with Gasteiger partial charge in [-0.15, -0.1) is 0 Å². The average Bonchev–Trinajstić information content (AvgIpc) is 3.13. The first-order valence-electron chi connectivity index (χ1n) is 10.3. The Kier molecular flexibility index (Phi) is 6.65. The van der Waals surface area contributed by atoms with Crippen LogP contribution in [0.4, 0.5) is 5.69 Å². The summed E-state index contributed by atoms with van der Waals surface area (Å²) in [6.45, 7) is 2.40. The standard InChI is InChI=1S/C23H22N4O4S/c1-2-31-20(29)14-32-23-25-17-11-7-6-10-16(17)21-26-22(30)18(27(21)23)12-19(28)24-13-15-8-4-3-5-9-15/h3-11,18H,2,12-14H2,1H3,(H,24,28). The van der Waals surface area contributed by atoms with Crippen LogP contribution in [0.5, 0.6) is 0 Å². The number of nitrogens with one attached hydrogen (secondary N) is 1. The number of benzene rings is 2. The summed E-state index contributed by atoms with van der Waals surface area (Å²) in [5.74, 6) is -0.555. The Hall–Kier alpha value is -3.46. The third-order valence-corrected chi connectivity index (χ3v) is 5.87. The van der Waals surface area contributed by atoms with Crippen LogP contribution in [0.15, 0.2) is 64.6 Å². The number of ether oxygens (including phenoxy) is 1. The van der Waals surface area contributed by atoms with E-state index in [9.17, 15) is 14.4 Å². The molecule has 1 atom stereocenters. The minimum atomic E-state index is -0.817. The molecule has 4 rings (SSSR count). The molecular formula is C23H22N4O4S. The van der Waals surface area contributed by atoms with Crippen LogP contribution in [0.3, 0.4) is 0 Å². The lowest BCUT2D eigenvalue weighted by molar-refractivity contribution is -0.139. The van der Waals surface area contributed by atoms with E-state index in [0.29, 0.717) is 28.8 Å². The zero-order valence-electron chi connectivity index (χ0n) is 17.5. The van der Waals surface area contributed by atoms with E-state index in [4.69, 9.17) is 4.74 Å². The first-order valence-corrected chi connectivity index (χ1v) is 11.2. The zero-order valence-corrected chi connectivity index (χ0v) is 18.3. The van der Waals surface area contributed by atoms with Crippen molar-refractivity contribution in [1.82, 2.24) is 10.2 Å². The predicted molar refractivity (Wildman–Crippen MR) is 123 cm³/mol. The summed E-state index contributed by atoms with van der Waals surface area (Å²) < 4.78 is 5.01.